The van der Waals surface area contributed by atoms with Gasteiger partial charge in [-0.25, -0.2) is 0 Å². The lowest BCUT2D eigenvalue weighted by Crippen LogP contribution is -2.50. The third-order valence-corrected chi connectivity index (χ3v) is 6.31. The Morgan fingerprint density at radius 3 is 1.72 bits per heavy atom. The molecule has 0 atom stereocenters. The summed E-state index contributed by atoms with van der Waals surface area (Å²) >= 11 is 0. The van der Waals surface area contributed by atoms with Gasteiger partial charge < -0.3 is 9.80 Å². The van der Waals surface area contributed by atoms with E-state index in [1.165, 1.54) is 5.56 Å². The summed E-state index contributed by atoms with van der Waals surface area (Å²) < 4.78 is 0. The van der Waals surface area contributed by atoms with Gasteiger partial charge in [0.25, 0.3) is 5.91 Å². The minimum absolute atomic E-state index is 0.0293. The second-order valence-corrected chi connectivity index (χ2v) is 8.30. The highest BCUT2D eigenvalue weighted by atomic mass is 16.2. The van der Waals surface area contributed by atoms with Gasteiger partial charge in [0.2, 0.25) is 5.91 Å². The summed E-state index contributed by atoms with van der Waals surface area (Å²) in [6, 6.07) is 28.3. The second kappa shape index (κ2) is 10.3. The first-order valence-electron chi connectivity index (χ1n) is 11.4. The molecule has 4 nitrogen and oxygen atoms in total. The van der Waals surface area contributed by atoms with E-state index in [4.69, 9.17) is 0 Å². The predicted octanol–water partition coefficient (Wildman–Crippen LogP) is 4.76. The molecule has 0 spiro atoms. The number of hydrogen-bond donors (Lipinski definition) is 0. The molecule has 0 N–H and O–H groups in total. The van der Waals surface area contributed by atoms with Gasteiger partial charge in [-0.2, -0.15) is 0 Å². The zero-order valence-corrected chi connectivity index (χ0v) is 18.6. The molecule has 4 heteroatoms. The van der Waals surface area contributed by atoms with Crippen molar-refractivity contribution in [3.8, 4) is 0 Å². The monoisotopic (exact) mass is 426 g/mol. The van der Waals surface area contributed by atoms with Crippen molar-refractivity contribution in [1.29, 1.82) is 0 Å². The lowest BCUT2D eigenvalue weighted by molar-refractivity contribution is -0.132. The minimum Gasteiger partial charge on any atom is -0.339 e. The quantitative estimate of drug-likeness (QED) is 0.570. The van der Waals surface area contributed by atoms with Crippen molar-refractivity contribution in [2.24, 2.45) is 0 Å². The molecule has 1 aliphatic rings. The van der Waals surface area contributed by atoms with Crippen molar-refractivity contribution in [3.05, 3.63) is 107 Å². The third-order valence-electron chi connectivity index (χ3n) is 6.31. The van der Waals surface area contributed by atoms with Gasteiger partial charge >= 0.3 is 0 Å². The standard InChI is InChI=1S/C28H30N2O2/c1-2-22-13-15-25(16-14-22)28(32)30-19-17-29(18-20-30)27(31)21-26(23-9-5-3-6-10-23)24-11-7-4-8-12-24/h3-16,26H,2,17-21H2,1H3. The van der Waals surface area contributed by atoms with Crippen LogP contribution in [0.15, 0.2) is 84.9 Å². The fourth-order valence-corrected chi connectivity index (χ4v) is 4.33. The first-order valence-corrected chi connectivity index (χ1v) is 11.4. The van der Waals surface area contributed by atoms with Crippen molar-refractivity contribution in [1.82, 2.24) is 9.80 Å². The Balaban J connectivity index is 1.39. The lowest BCUT2D eigenvalue weighted by atomic mass is 9.88. The molecule has 2 amide bonds. The number of hydrogen-bond acceptors (Lipinski definition) is 2. The maximum atomic E-state index is 13.2. The Bertz CT molecular complexity index is 985. The van der Waals surface area contributed by atoms with Crippen LogP contribution in [-0.2, 0) is 11.2 Å². The Hall–Kier alpha value is -3.40. The van der Waals surface area contributed by atoms with Gasteiger partial charge in [0.15, 0.2) is 0 Å². The molecule has 3 aromatic rings. The van der Waals surface area contributed by atoms with Crippen molar-refractivity contribution in [2.75, 3.05) is 26.2 Å². The van der Waals surface area contributed by atoms with E-state index in [0.29, 0.717) is 32.6 Å². The number of benzene rings is 3. The fourth-order valence-electron chi connectivity index (χ4n) is 4.33. The highest BCUT2D eigenvalue weighted by Crippen LogP contribution is 2.28. The molecule has 1 saturated heterocycles. The highest BCUT2D eigenvalue weighted by molar-refractivity contribution is 5.94. The van der Waals surface area contributed by atoms with Crippen molar-refractivity contribution >= 4 is 11.8 Å². The number of amides is 2. The summed E-state index contributed by atoms with van der Waals surface area (Å²) in [7, 11) is 0. The largest absolute Gasteiger partial charge is 0.339 e. The molecule has 3 aromatic carbocycles. The smallest absolute Gasteiger partial charge is 0.253 e. The van der Waals surface area contributed by atoms with Crippen LogP contribution in [-0.4, -0.2) is 47.8 Å². The molecule has 1 fully saturated rings. The van der Waals surface area contributed by atoms with E-state index in [9.17, 15) is 9.59 Å². The van der Waals surface area contributed by atoms with Gasteiger partial charge in [0, 0.05) is 44.1 Å². The van der Waals surface area contributed by atoms with Crippen LogP contribution in [0.3, 0.4) is 0 Å². The SMILES string of the molecule is CCc1ccc(C(=O)N2CCN(C(=O)CC(c3ccccc3)c3ccccc3)CC2)cc1. The summed E-state index contributed by atoms with van der Waals surface area (Å²) in [6.45, 7) is 4.40. The van der Waals surface area contributed by atoms with Crippen LogP contribution < -0.4 is 0 Å². The number of carbonyl (C=O) groups is 2. The maximum absolute atomic E-state index is 13.2. The van der Waals surface area contributed by atoms with Gasteiger partial charge in [-0.15, -0.1) is 0 Å². The lowest BCUT2D eigenvalue weighted by Gasteiger charge is -2.35. The van der Waals surface area contributed by atoms with Crippen molar-refractivity contribution in [3.63, 3.8) is 0 Å². The van der Waals surface area contributed by atoms with Crippen molar-refractivity contribution in [2.45, 2.75) is 25.7 Å². The molecule has 4 rings (SSSR count). The number of piperazine rings is 1. The molecule has 0 saturated carbocycles. The summed E-state index contributed by atoms with van der Waals surface area (Å²) in [5.74, 6) is 0.218. The zero-order chi connectivity index (χ0) is 22.3. The van der Waals surface area contributed by atoms with E-state index in [1.807, 2.05) is 70.5 Å². The molecule has 0 aliphatic carbocycles. The van der Waals surface area contributed by atoms with Crippen molar-refractivity contribution < 1.29 is 9.59 Å². The van der Waals surface area contributed by atoms with Gasteiger partial charge in [-0.1, -0.05) is 79.7 Å². The van der Waals surface area contributed by atoms with Gasteiger partial charge in [-0.05, 0) is 35.2 Å². The van der Waals surface area contributed by atoms with Crippen LogP contribution in [0.5, 0.6) is 0 Å². The Morgan fingerprint density at radius 1 is 0.719 bits per heavy atom. The number of carbonyl (C=O) groups excluding carboxylic acids is 2. The molecule has 164 valence electrons. The van der Waals surface area contributed by atoms with Crippen LogP contribution in [0.2, 0.25) is 0 Å². The first-order chi connectivity index (χ1) is 15.7. The van der Waals surface area contributed by atoms with E-state index in [1.54, 1.807) is 0 Å². The Labute approximate surface area is 190 Å². The van der Waals surface area contributed by atoms with Crippen LogP contribution >= 0.6 is 0 Å². The van der Waals surface area contributed by atoms with Gasteiger partial charge in [0.1, 0.15) is 0 Å². The zero-order valence-electron chi connectivity index (χ0n) is 18.6. The van der Waals surface area contributed by atoms with E-state index in [2.05, 4.69) is 31.2 Å². The normalized spacial score (nSPS) is 13.9. The molecule has 0 radical (unpaired) electrons. The third kappa shape index (κ3) is 5.08. The van der Waals surface area contributed by atoms with Crippen LogP contribution in [0.1, 0.15) is 46.3 Å². The maximum Gasteiger partial charge on any atom is 0.253 e. The molecule has 0 aromatic heterocycles. The summed E-state index contributed by atoms with van der Waals surface area (Å²) in [5.41, 5.74) is 4.24. The average Bonchev–Trinajstić information content (AvgIpc) is 2.88. The topological polar surface area (TPSA) is 40.6 Å². The fraction of sp³-hybridized carbons (Fsp3) is 0.286. The molecular formula is C28H30N2O2. The van der Waals surface area contributed by atoms with Gasteiger partial charge in [0.05, 0.1) is 0 Å². The van der Waals surface area contributed by atoms with E-state index < -0.39 is 0 Å². The number of rotatable bonds is 6. The minimum atomic E-state index is 0.0293. The molecular weight excluding hydrogens is 396 g/mol. The Kier molecular flexibility index (Phi) is 7.00. The summed E-state index contributed by atoms with van der Waals surface area (Å²) in [5, 5.41) is 0. The number of aryl methyl sites for hydroxylation is 1. The number of nitrogens with zero attached hydrogens (tertiary/aromatic N) is 2. The van der Waals surface area contributed by atoms with E-state index in [-0.39, 0.29) is 17.7 Å². The van der Waals surface area contributed by atoms with Crippen LogP contribution in [0, 0.1) is 0 Å². The van der Waals surface area contributed by atoms with E-state index in [0.717, 1.165) is 23.1 Å². The summed E-state index contributed by atoms with van der Waals surface area (Å²) in [6.07, 6.45) is 1.39. The predicted molar refractivity (Wildman–Crippen MR) is 128 cm³/mol. The van der Waals surface area contributed by atoms with E-state index >= 15 is 0 Å². The molecule has 1 heterocycles. The Morgan fingerprint density at radius 2 is 1.22 bits per heavy atom. The molecule has 0 unspecified atom stereocenters. The molecule has 1 aliphatic heterocycles. The second-order valence-electron chi connectivity index (χ2n) is 8.30. The molecule has 32 heavy (non-hydrogen) atoms. The van der Waals surface area contributed by atoms with Gasteiger partial charge in [-0.3, -0.25) is 9.59 Å². The summed E-state index contributed by atoms with van der Waals surface area (Å²) in [4.78, 5) is 29.8. The van der Waals surface area contributed by atoms with Crippen LogP contribution in [0.25, 0.3) is 0 Å². The average molecular weight is 427 g/mol. The van der Waals surface area contributed by atoms with Crippen LogP contribution in [0.4, 0.5) is 0 Å². The first kappa shape index (κ1) is 21.8. The molecule has 0 bridgehead atoms. The highest BCUT2D eigenvalue weighted by Gasteiger charge is 2.27.